The van der Waals surface area contributed by atoms with Crippen LogP contribution in [0.3, 0.4) is 0 Å². The van der Waals surface area contributed by atoms with Crippen LogP contribution in [0.1, 0.15) is 31.9 Å². The third kappa shape index (κ3) is 4.60. The van der Waals surface area contributed by atoms with Crippen LogP contribution in [-0.4, -0.2) is 44.8 Å². The van der Waals surface area contributed by atoms with Crippen molar-refractivity contribution in [2.75, 3.05) is 33.9 Å². The van der Waals surface area contributed by atoms with Gasteiger partial charge in [-0.1, -0.05) is 44.2 Å². The summed E-state index contributed by atoms with van der Waals surface area (Å²) in [6.07, 6.45) is 1.12. The van der Waals surface area contributed by atoms with Crippen LogP contribution in [0.4, 0.5) is 0 Å². The second-order valence-electron chi connectivity index (χ2n) is 4.77. The number of nitrogens with one attached hydrogen (secondary N) is 1. The average molecular weight is 264 g/mol. The highest BCUT2D eigenvalue weighted by Crippen LogP contribution is 2.23. The van der Waals surface area contributed by atoms with Gasteiger partial charge in [0.2, 0.25) is 0 Å². The van der Waals surface area contributed by atoms with E-state index in [1.165, 1.54) is 5.56 Å². The van der Waals surface area contributed by atoms with Crippen molar-refractivity contribution >= 4 is 0 Å². The normalized spacial score (nSPS) is 14.6. The van der Waals surface area contributed by atoms with Crippen molar-refractivity contribution in [3.63, 3.8) is 0 Å². The first-order valence-electron chi connectivity index (χ1n) is 7.23. The number of hydrogen-bond acceptors (Lipinski definition) is 3. The summed E-state index contributed by atoms with van der Waals surface area (Å²) < 4.78 is 5.23. The Morgan fingerprint density at radius 3 is 2.37 bits per heavy atom. The predicted molar refractivity (Wildman–Crippen MR) is 81.4 cm³/mol. The molecule has 0 spiro atoms. The highest BCUT2D eigenvalue weighted by atomic mass is 16.5. The first-order chi connectivity index (χ1) is 9.28. The van der Waals surface area contributed by atoms with Gasteiger partial charge in [0.05, 0.1) is 6.61 Å². The van der Waals surface area contributed by atoms with E-state index in [0.29, 0.717) is 12.1 Å². The van der Waals surface area contributed by atoms with Crippen molar-refractivity contribution in [3.8, 4) is 0 Å². The van der Waals surface area contributed by atoms with Gasteiger partial charge in [-0.2, -0.15) is 0 Å². The van der Waals surface area contributed by atoms with E-state index in [9.17, 15) is 0 Å². The first kappa shape index (κ1) is 16.2. The summed E-state index contributed by atoms with van der Waals surface area (Å²) in [5, 5.41) is 3.48. The largest absolute Gasteiger partial charge is 0.383 e. The smallest absolute Gasteiger partial charge is 0.0589 e. The molecule has 0 aliphatic carbocycles. The molecule has 0 saturated carbocycles. The molecule has 2 atom stereocenters. The maximum atomic E-state index is 5.23. The van der Waals surface area contributed by atoms with E-state index < -0.39 is 0 Å². The molecule has 0 aliphatic rings. The summed E-state index contributed by atoms with van der Waals surface area (Å²) in [7, 11) is 3.81. The monoisotopic (exact) mass is 264 g/mol. The maximum Gasteiger partial charge on any atom is 0.0589 e. The molecule has 0 radical (unpaired) electrons. The molecule has 0 saturated heterocycles. The molecule has 3 nitrogen and oxygen atoms in total. The van der Waals surface area contributed by atoms with Crippen LogP contribution >= 0.6 is 0 Å². The van der Waals surface area contributed by atoms with E-state index in [0.717, 1.165) is 26.1 Å². The molecular formula is C16H28N2O. The number of benzene rings is 1. The molecule has 19 heavy (non-hydrogen) atoms. The number of hydrogen-bond donors (Lipinski definition) is 1. The maximum absolute atomic E-state index is 5.23. The van der Waals surface area contributed by atoms with Crippen LogP contribution in [0.15, 0.2) is 30.3 Å². The highest BCUT2D eigenvalue weighted by molar-refractivity contribution is 5.20. The molecule has 3 heteroatoms. The molecule has 0 fully saturated rings. The van der Waals surface area contributed by atoms with Crippen LogP contribution in [0.2, 0.25) is 0 Å². The summed E-state index contributed by atoms with van der Waals surface area (Å²) in [5.74, 6) is 0. The van der Waals surface area contributed by atoms with Gasteiger partial charge in [0, 0.05) is 25.7 Å². The van der Waals surface area contributed by atoms with Crippen LogP contribution in [0, 0.1) is 0 Å². The van der Waals surface area contributed by atoms with Crippen LogP contribution in [-0.2, 0) is 4.74 Å². The molecule has 108 valence electrons. The minimum Gasteiger partial charge on any atom is -0.383 e. The van der Waals surface area contributed by atoms with Crippen LogP contribution in [0.25, 0.3) is 0 Å². The Balaban J connectivity index is 2.85. The van der Waals surface area contributed by atoms with Crippen molar-refractivity contribution in [2.24, 2.45) is 0 Å². The zero-order valence-electron chi connectivity index (χ0n) is 12.7. The number of ether oxygens (including phenoxy) is 1. The van der Waals surface area contributed by atoms with Gasteiger partial charge in [-0.05, 0) is 25.6 Å². The number of methoxy groups -OCH3 is 1. The van der Waals surface area contributed by atoms with E-state index in [1.807, 2.05) is 7.05 Å². The first-order valence-corrected chi connectivity index (χ1v) is 7.23. The zero-order chi connectivity index (χ0) is 14.1. The molecule has 2 unspecified atom stereocenters. The fraction of sp³-hybridized carbons (Fsp3) is 0.625. The summed E-state index contributed by atoms with van der Waals surface area (Å²) in [6.45, 7) is 7.29. The van der Waals surface area contributed by atoms with E-state index in [2.05, 4.69) is 54.4 Å². The quantitative estimate of drug-likeness (QED) is 0.742. The molecule has 0 aliphatic heterocycles. The van der Waals surface area contributed by atoms with Gasteiger partial charge >= 0.3 is 0 Å². The lowest BCUT2D eigenvalue weighted by atomic mass is 9.96. The molecule has 1 aromatic carbocycles. The topological polar surface area (TPSA) is 24.5 Å². The van der Waals surface area contributed by atoms with E-state index in [-0.39, 0.29) is 0 Å². The Kier molecular flexibility index (Phi) is 7.72. The minimum atomic E-state index is 0.364. The SMILES string of the molecule is CCC(C(NC)c1ccccc1)N(CC)CCOC. The van der Waals surface area contributed by atoms with Gasteiger partial charge < -0.3 is 10.1 Å². The third-order valence-corrected chi connectivity index (χ3v) is 3.73. The van der Waals surface area contributed by atoms with E-state index in [4.69, 9.17) is 4.74 Å². The van der Waals surface area contributed by atoms with Crippen molar-refractivity contribution in [1.82, 2.24) is 10.2 Å². The fourth-order valence-electron chi connectivity index (χ4n) is 2.71. The number of likely N-dealkylation sites (N-methyl/N-ethyl adjacent to an activating group) is 2. The molecule has 1 N–H and O–H groups in total. The minimum absolute atomic E-state index is 0.364. The van der Waals surface area contributed by atoms with Gasteiger partial charge in [0.1, 0.15) is 0 Å². The molecule has 0 amide bonds. The molecule has 0 bridgehead atoms. The fourth-order valence-corrected chi connectivity index (χ4v) is 2.71. The highest BCUT2D eigenvalue weighted by Gasteiger charge is 2.24. The molecule has 0 aromatic heterocycles. The Bertz CT molecular complexity index is 329. The lowest BCUT2D eigenvalue weighted by Crippen LogP contribution is -2.44. The van der Waals surface area contributed by atoms with Gasteiger partial charge in [-0.25, -0.2) is 0 Å². The van der Waals surface area contributed by atoms with Crippen molar-refractivity contribution in [3.05, 3.63) is 35.9 Å². The van der Waals surface area contributed by atoms with Crippen molar-refractivity contribution in [2.45, 2.75) is 32.4 Å². The summed E-state index contributed by atoms with van der Waals surface area (Å²) in [4.78, 5) is 2.50. The van der Waals surface area contributed by atoms with Gasteiger partial charge in [0.25, 0.3) is 0 Å². The zero-order valence-corrected chi connectivity index (χ0v) is 12.7. The Hall–Kier alpha value is -0.900. The van der Waals surface area contributed by atoms with Gasteiger partial charge in [-0.3, -0.25) is 4.90 Å². The van der Waals surface area contributed by atoms with Gasteiger partial charge in [0.15, 0.2) is 0 Å². The Morgan fingerprint density at radius 2 is 1.89 bits per heavy atom. The second-order valence-corrected chi connectivity index (χ2v) is 4.77. The van der Waals surface area contributed by atoms with Crippen LogP contribution in [0.5, 0.6) is 0 Å². The van der Waals surface area contributed by atoms with Crippen molar-refractivity contribution in [1.29, 1.82) is 0 Å². The van der Waals surface area contributed by atoms with Crippen molar-refractivity contribution < 1.29 is 4.74 Å². The molecular weight excluding hydrogens is 236 g/mol. The molecule has 1 rings (SSSR count). The third-order valence-electron chi connectivity index (χ3n) is 3.73. The molecule has 1 aromatic rings. The number of rotatable bonds is 9. The Morgan fingerprint density at radius 1 is 1.21 bits per heavy atom. The Labute approximate surface area is 118 Å². The standard InChI is InChI=1S/C16H28N2O/c1-5-15(18(6-2)12-13-19-4)16(17-3)14-10-8-7-9-11-14/h7-11,15-17H,5-6,12-13H2,1-4H3. The van der Waals surface area contributed by atoms with E-state index >= 15 is 0 Å². The number of nitrogens with zero attached hydrogens (tertiary/aromatic N) is 1. The van der Waals surface area contributed by atoms with Gasteiger partial charge in [-0.15, -0.1) is 0 Å². The predicted octanol–water partition coefficient (Wildman–Crippen LogP) is 2.69. The lowest BCUT2D eigenvalue weighted by Gasteiger charge is -2.36. The summed E-state index contributed by atoms with van der Waals surface area (Å²) in [6, 6.07) is 11.5. The average Bonchev–Trinajstić information content (AvgIpc) is 2.47. The molecule has 0 heterocycles. The van der Waals surface area contributed by atoms with Crippen LogP contribution < -0.4 is 5.32 Å². The second kappa shape index (κ2) is 9.08. The lowest BCUT2D eigenvalue weighted by molar-refractivity contribution is 0.105. The summed E-state index contributed by atoms with van der Waals surface area (Å²) >= 11 is 0. The summed E-state index contributed by atoms with van der Waals surface area (Å²) in [5.41, 5.74) is 1.35. The van der Waals surface area contributed by atoms with E-state index in [1.54, 1.807) is 7.11 Å².